The fraction of sp³-hybridized carbons (Fsp3) is 0.409. The number of carbonyl (C=O) groups is 3. The molecule has 8 heteroatoms. The van der Waals surface area contributed by atoms with Crippen LogP contribution in [0.2, 0.25) is 10.0 Å². The molecule has 30 heavy (non-hydrogen) atoms. The maximum atomic E-state index is 13.5. The summed E-state index contributed by atoms with van der Waals surface area (Å²) in [6.07, 6.45) is 0.447. The Balaban J connectivity index is 2.25. The predicted octanol–water partition coefficient (Wildman–Crippen LogP) is 4.17. The summed E-state index contributed by atoms with van der Waals surface area (Å²) in [6.45, 7) is 5.46. The average molecular weight is 452 g/mol. The van der Waals surface area contributed by atoms with E-state index in [0.717, 1.165) is 0 Å². The lowest BCUT2D eigenvalue weighted by molar-refractivity contribution is -0.151. The lowest BCUT2D eigenvalue weighted by Crippen LogP contribution is -2.43. The molecule has 0 saturated carbocycles. The van der Waals surface area contributed by atoms with Gasteiger partial charge in [0, 0.05) is 22.9 Å². The molecule has 0 spiro atoms. The molecular weight excluding hydrogens is 429 g/mol. The minimum atomic E-state index is -0.960. The first-order valence-corrected chi connectivity index (χ1v) is 10.4. The summed E-state index contributed by atoms with van der Waals surface area (Å²) in [6, 6.07) is 5.06. The first-order valence-electron chi connectivity index (χ1n) is 9.66. The minimum absolute atomic E-state index is 0.174. The monoisotopic (exact) mass is 451 g/mol. The van der Waals surface area contributed by atoms with Gasteiger partial charge in [-0.3, -0.25) is 9.59 Å². The molecular formula is C22H23Cl2NO5. The van der Waals surface area contributed by atoms with Crippen molar-refractivity contribution >= 4 is 40.9 Å². The molecule has 2 aliphatic rings. The predicted molar refractivity (Wildman–Crippen MR) is 113 cm³/mol. The highest BCUT2D eigenvalue weighted by Crippen LogP contribution is 2.47. The zero-order valence-electron chi connectivity index (χ0n) is 17.2. The SMILES string of the molecule is CCOC(=O)C1=C(C)NC2=C(C(=O)[C@@H](C(=O)OC)[C@H](C)C2)[C@H]1c1cccc(Cl)c1Cl. The summed E-state index contributed by atoms with van der Waals surface area (Å²) in [4.78, 5) is 38.8. The van der Waals surface area contributed by atoms with Gasteiger partial charge in [-0.1, -0.05) is 42.3 Å². The molecule has 1 aliphatic heterocycles. The Labute approximate surface area is 185 Å². The van der Waals surface area contributed by atoms with E-state index in [1.807, 2.05) is 6.92 Å². The van der Waals surface area contributed by atoms with Crippen molar-refractivity contribution in [2.75, 3.05) is 13.7 Å². The van der Waals surface area contributed by atoms with Gasteiger partial charge < -0.3 is 14.8 Å². The zero-order chi connectivity index (χ0) is 22.2. The van der Waals surface area contributed by atoms with E-state index in [0.29, 0.717) is 34.0 Å². The van der Waals surface area contributed by atoms with Gasteiger partial charge in [0.1, 0.15) is 5.92 Å². The zero-order valence-corrected chi connectivity index (χ0v) is 18.7. The largest absolute Gasteiger partial charge is 0.468 e. The molecule has 0 saturated heterocycles. The fourth-order valence-electron chi connectivity index (χ4n) is 4.21. The third-order valence-electron chi connectivity index (χ3n) is 5.53. The van der Waals surface area contributed by atoms with Gasteiger partial charge in [-0.25, -0.2) is 4.79 Å². The highest BCUT2D eigenvalue weighted by atomic mass is 35.5. The number of hydrogen-bond acceptors (Lipinski definition) is 6. The number of halogens is 2. The Morgan fingerprint density at radius 1 is 1.27 bits per heavy atom. The second-order valence-electron chi connectivity index (χ2n) is 7.40. The molecule has 0 bridgehead atoms. The molecule has 1 heterocycles. The van der Waals surface area contributed by atoms with Crippen molar-refractivity contribution in [2.45, 2.75) is 33.1 Å². The Kier molecular flexibility index (Phi) is 6.58. The highest BCUT2D eigenvalue weighted by Gasteiger charge is 2.47. The lowest BCUT2D eigenvalue weighted by Gasteiger charge is -2.38. The van der Waals surface area contributed by atoms with Crippen LogP contribution in [-0.4, -0.2) is 31.4 Å². The van der Waals surface area contributed by atoms with Crippen molar-refractivity contribution in [3.05, 3.63) is 56.3 Å². The van der Waals surface area contributed by atoms with E-state index < -0.39 is 29.6 Å². The van der Waals surface area contributed by atoms with Crippen LogP contribution in [0.3, 0.4) is 0 Å². The minimum Gasteiger partial charge on any atom is -0.468 e. The molecule has 0 aromatic heterocycles. The number of methoxy groups -OCH3 is 1. The van der Waals surface area contributed by atoms with E-state index in [-0.39, 0.29) is 23.1 Å². The molecule has 0 unspecified atom stereocenters. The van der Waals surface area contributed by atoms with Crippen LogP contribution in [0.5, 0.6) is 0 Å². The smallest absolute Gasteiger partial charge is 0.336 e. The first-order chi connectivity index (χ1) is 14.2. The maximum absolute atomic E-state index is 13.5. The quantitative estimate of drug-likeness (QED) is 0.546. The summed E-state index contributed by atoms with van der Waals surface area (Å²) in [7, 11) is 1.25. The van der Waals surface area contributed by atoms with E-state index in [1.165, 1.54) is 7.11 Å². The number of hydrogen-bond donors (Lipinski definition) is 1. The number of allylic oxidation sites excluding steroid dienone is 3. The van der Waals surface area contributed by atoms with E-state index >= 15 is 0 Å². The van der Waals surface area contributed by atoms with E-state index in [2.05, 4.69) is 5.32 Å². The van der Waals surface area contributed by atoms with E-state index in [1.54, 1.807) is 32.0 Å². The normalized spacial score (nSPS) is 23.7. The van der Waals surface area contributed by atoms with Crippen molar-refractivity contribution in [3.63, 3.8) is 0 Å². The van der Waals surface area contributed by atoms with Gasteiger partial charge in [0.15, 0.2) is 5.78 Å². The molecule has 0 fully saturated rings. The third kappa shape index (κ3) is 3.74. The second kappa shape index (κ2) is 8.82. The van der Waals surface area contributed by atoms with Crippen molar-refractivity contribution in [2.24, 2.45) is 11.8 Å². The van der Waals surface area contributed by atoms with Gasteiger partial charge in [-0.2, -0.15) is 0 Å². The van der Waals surface area contributed by atoms with Crippen LogP contribution in [0.4, 0.5) is 0 Å². The van der Waals surface area contributed by atoms with Crippen LogP contribution in [0.15, 0.2) is 40.7 Å². The highest BCUT2D eigenvalue weighted by molar-refractivity contribution is 6.42. The number of Topliss-reactive ketones (excluding diaryl/α,β-unsaturated/α-hetero) is 1. The molecule has 0 radical (unpaired) electrons. The van der Waals surface area contributed by atoms with Gasteiger partial charge in [0.2, 0.25) is 0 Å². The van der Waals surface area contributed by atoms with Crippen molar-refractivity contribution in [1.29, 1.82) is 0 Å². The van der Waals surface area contributed by atoms with Gasteiger partial charge in [0.25, 0.3) is 0 Å². The Bertz CT molecular complexity index is 982. The Morgan fingerprint density at radius 3 is 2.60 bits per heavy atom. The van der Waals surface area contributed by atoms with Crippen LogP contribution in [0, 0.1) is 11.8 Å². The van der Waals surface area contributed by atoms with Crippen molar-refractivity contribution in [1.82, 2.24) is 5.32 Å². The molecule has 6 nitrogen and oxygen atoms in total. The van der Waals surface area contributed by atoms with Crippen molar-refractivity contribution < 1.29 is 23.9 Å². The number of ketones is 1. The standard InChI is InChI=1S/C22H23Cl2NO5/c1-5-30-22(28)16-11(3)25-14-9-10(2)15(21(27)29-4)20(26)18(14)17(16)12-7-6-8-13(23)19(12)24/h6-8,10,15,17,25H,5,9H2,1-4H3/t10-,15+,17+/m1/s1. The van der Waals surface area contributed by atoms with E-state index in [9.17, 15) is 14.4 Å². The average Bonchev–Trinajstić information content (AvgIpc) is 2.69. The number of rotatable bonds is 4. The lowest BCUT2D eigenvalue weighted by atomic mass is 9.69. The van der Waals surface area contributed by atoms with Crippen LogP contribution in [0.1, 0.15) is 38.7 Å². The third-order valence-corrected chi connectivity index (χ3v) is 6.36. The van der Waals surface area contributed by atoms with Gasteiger partial charge in [0.05, 0.1) is 29.3 Å². The molecule has 1 aromatic carbocycles. The van der Waals surface area contributed by atoms with Crippen LogP contribution in [0.25, 0.3) is 0 Å². The Hall–Kier alpha value is -2.31. The topological polar surface area (TPSA) is 81.7 Å². The second-order valence-corrected chi connectivity index (χ2v) is 8.18. The number of dihydropyridines is 1. The summed E-state index contributed by atoms with van der Waals surface area (Å²) in [5.41, 5.74) is 2.34. The number of benzene rings is 1. The molecule has 1 aromatic rings. The fourth-order valence-corrected chi connectivity index (χ4v) is 4.63. The first kappa shape index (κ1) is 22.4. The van der Waals surface area contributed by atoms with Gasteiger partial charge in [-0.05, 0) is 37.8 Å². The molecule has 3 atom stereocenters. The maximum Gasteiger partial charge on any atom is 0.336 e. The summed E-state index contributed by atoms with van der Waals surface area (Å²) < 4.78 is 10.1. The molecule has 1 aliphatic carbocycles. The van der Waals surface area contributed by atoms with Crippen molar-refractivity contribution in [3.8, 4) is 0 Å². The summed E-state index contributed by atoms with van der Waals surface area (Å²) >= 11 is 12.7. The van der Waals surface area contributed by atoms with Gasteiger partial charge in [-0.15, -0.1) is 0 Å². The number of ether oxygens (including phenoxy) is 2. The Morgan fingerprint density at radius 2 is 1.97 bits per heavy atom. The van der Waals surface area contributed by atoms with Crippen LogP contribution >= 0.6 is 23.2 Å². The number of esters is 2. The van der Waals surface area contributed by atoms with Crippen LogP contribution in [-0.2, 0) is 23.9 Å². The molecule has 3 rings (SSSR count). The molecule has 0 amide bonds. The number of carbonyl (C=O) groups excluding carboxylic acids is 3. The number of nitrogens with one attached hydrogen (secondary N) is 1. The molecule has 160 valence electrons. The van der Waals surface area contributed by atoms with Crippen LogP contribution < -0.4 is 5.32 Å². The molecule has 1 N–H and O–H groups in total. The summed E-state index contributed by atoms with van der Waals surface area (Å²) in [5, 5.41) is 3.74. The van der Waals surface area contributed by atoms with E-state index in [4.69, 9.17) is 32.7 Å². The summed E-state index contributed by atoms with van der Waals surface area (Å²) in [5.74, 6) is -3.58. The van der Waals surface area contributed by atoms with Gasteiger partial charge >= 0.3 is 11.9 Å².